The SMILES string of the molecule is CCC1(CC)OC(=O)Nc2ccc(OCCCC=NOSc3ccc(Cl)c(Cl)c3)cc21. The number of cyclic esters (lactones) is 1. The number of anilines is 1. The van der Waals surface area contributed by atoms with Crippen molar-refractivity contribution in [3.63, 3.8) is 0 Å². The van der Waals surface area contributed by atoms with Crippen LogP contribution in [0, 0.1) is 0 Å². The summed E-state index contributed by atoms with van der Waals surface area (Å²) in [5.74, 6) is 0.744. The highest BCUT2D eigenvalue weighted by molar-refractivity contribution is 7.94. The zero-order valence-electron chi connectivity index (χ0n) is 17.3. The average Bonchev–Trinajstić information content (AvgIpc) is 2.77. The fourth-order valence-corrected chi connectivity index (χ4v) is 4.13. The first kappa shape index (κ1) is 23.6. The van der Waals surface area contributed by atoms with E-state index in [9.17, 15) is 4.79 Å². The molecule has 0 fully saturated rings. The van der Waals surface area contributed by atoms with Crippen molar-refractivity contribution in [1.82, 2.24) is 0 Å². The predicted molar refractivity (Wildman–Crippen MR) is 125 cm³/mol. The number of carbonyl (C=O) groups excluding carboxylic acids is 1. The first-order chi connectivity index (χ1) is 15.0. The van der Waals surface area contributed by atoms with Gasteiger partial charge in [0.15, 0.2) is 0 Å². The zero-order chi connectivity index (χ0) is 22.3. The number of benzene rings is 2. The van der Waals surface area contributed by atoms with Crippen molar-refractivity contribution in [3.05, 3.63) is 52.0 Å². The largest absolute Gasteiger partial charge is 0.494 e. The van der Waals surface area contributed by atoms with Crippen LogP contribution < -0.4 is 10.1 Å². The number of hydrogen-bond donors (Lipinski definition) is 1. The molecule has 0 aliphatic carbocycles. The first-order valence-corrected chi connectivity index (χ1v) is 11.5. The van der Waals surface area contributed by atoms with Crippen LogP contribution in [0.2, 0.25) is 10.0 Å². The number of rotatable bonds is 10. The van der Waals surface area contributed by atoms with Crippen LogP contribution in [0.5, 0.6) is 5.75 Å². The van der Waals surface area contributed by atoms with Crippen LogP contribution in [0.3, 0.4) is 0 Å². The molecule has 0 atom stereocenters. The number of nitrogens with zero attached hydrogens (tertiary/aromatic N) is 1. The molecule has 0 saturated heterocycles. The molecule has 0 aromatic heterocycles. The molecule has 6 nitrogen and oxygen atoms in total. The van der Waals surface area contributed by atoms with E-state index in [1.165, 1.54) is 0 Å². The molecule has 2 aromatic carbocycles. The second-order valence-corrected chi connectivity index (χ2v) is 8.54. The van der Waals surface area contributed by atoms with Gasteiger partial charge < -0.3 is 13.8 Å². The Morgan fingerprint density at radius 1 is 1.16 bits per heavy atom. The van der Waals surface area contributed by atoms with Crippen LogP contribution in [-0.4, -0.2) is 18.9 Å². The highest BCUT2D eigenvalue weighted by Gasteiger charge is 2.39. The van der Waals surface area contributed by atoms with E-state index in [4.69, 9.17) is 37.0 Å². The van der Waals surface area contributed by atoms with Gasteiger partial charge in [0.1, 0.15) is 23.4 Å². The minimum atomic E-state index is -0.618. The van der Waals surface area contributed by atoms with Gasteiger partial charge in [-0.1, -0.05) is 42.2 Å². The van der Waals surface area contributed by atoms with Gasteiger partial charge in [0.05, 0.1) is 27.2 Å². The second kappa shape index (κ2) is 11.0. The summed E-state index contributed by atoms with van der Waals surface area (Å²) in [5, 5.41) is 7.65. The van der Waals surface area contributed by atoms with Gasteiger partial charge in [-0.3, -0.25) is 5.32 Å². The molecule has 0 saturated carbocycles. The molecule has 3 rings (SSSR count). The highest BCUT2D eigenvalue weighted by Crippen LogP contribution is 2.42. The van der Waals surface area contributed by atoms with Crippen LogP contribution in [0.4, 0.5) is 10.5 Å². The van der Waals surface area contributed by atoms with E-state index in [1.807, 2.05) is 38.1 Å². The lowest BCUT2D eigenvalue weighted by molar-refractivity contribution is 0.00453. The number of fused-ring (bicyclic) bond motifs is 1. The number of amides is 1. The van der Waals surface area contributed by atoms with Gasteiger partial charge in [0.2, 0.25) is 0 Å². The fourth-order valence-electron chi connectivity index (χ4n) is 3.28. The van der Waals surface area contributed by atoms with E-state index in [0.29, 0.717) is 35.9 Å². The molecule has 0 unspecified atom stereocenters. The summed E-state index contributed by atoms with van der Waals surface area (Å²) in [6.07, 6.45) is 4.17. The lowest BCUT2D eigenvalue weighted by Crippen LogP contribution is -2.38. The van der Waals surface area contributed by atoms with Gasteiger partial charge in [-0.25, -0.2) is 4.79 Å². The third kappa shape index (κ3) is 5.99. The maximum Gasteiger partial charge on any atom is 0.412 e. The first-order valence-electron chi connectivity index (χ1n) is 10.1. The molecular formula is C22H24Cl2N2O4S. The van der Waals surface area contributed by atoms with Crippen molar-refractivity contribution in [1.29, 1.82) is 0 Å². The number of oxime groups is 1. The Bertz CT molecular complexity index is 951. The molecule has 0 radical (unpaired) electrons. The third-order valence-electron chi connectivity index (χ3n) is 5.04. The number of nitrogens with one attached hydrogen (secondary N) is 1. The summed E-state index contributed by atoms with van der Waals surface area (Å²) in [4.78, 5) is 12.7. The van der Waals surface area contributed by atoms with E-state index in [2.05, 4.69) is 10.5 Å². The van der Waals surface area contributed by atoms with Gasteiger partial charge in [0, 0.05) is 11.8 Å². The minimum absolute atomic E-state index is 0.413. The lowest BCUT2D eigenvalue weighted by atomic mass is 9.86. The molecule has 31 heavy (non-hydrogen) atoms. The molecule has 166 valence electrons. The van der Waals surface area contributed by atoms with Crippen LogP contribution >= 0.6 is 35.2 Å². The van der Waals surface area contributed by atoms with Crippen molar-refractivity contribution in [2.45, 2.75) is 50.0 Å². The number of unbranched alkanes of at least 4 members (excludes halogenated alkanes) is 1. The molecule has 1 amide bonds. The Balaban J connectivity index is 1.44. The topological polar surface area (TPSA) is 69.2 Å². The summed E-state index contributed by atoms with van der Waals surface area (Å²) in [6.45, 7) is 4.56. The van der Waals surface area contributed by atoms with Crippen LogP contribution in [0.15, 0.2) is 46.4 Å². The highest BCUT2D eigenvalue weighted by atomic mass is 35.5. The van der Waals surface area contributed by atoms with Gasteiger partial charge in [-0.2, -0.15) is 0 Å². The molecule has 1 heterocycles. The Kier molecular flexibility index (Phi) is 8.35. The normalized spacial score (nSPS) is 14.6. The molecule has 1 N–H and O–H groups in total. The summed E-state index contributed by atoms with van der Waals surface area (Å²) >= 11 is 12.9. The monoisotopic (exact) mass is 482 g/mol. The van der Waals surface area contributed by atoms with Crippen LogP contribution in [-0.2, 0) is 14.6 Å². The Morgan fingerprint density at radius 3 is 2.71 bits per heavy atom. The fraction of sp³-hybridized carbons (Fsp3) is 0.364. The van der Waals surface area contributed by atoms with Crippen molar-refractivity contribution in [2.24, 2.45) is 5.16 Å². The minimum Gasteiger partial charge on any atom is -0.494 e. The predicted octanol–water partition coefficient (Wildman–Crippen LogP) is 7.44. The second-order valence-electron chi connectivity index (χ2n) is 6.94. The summed E-state index contributed by atoms with van der Waals surface area (Å²) in [7, 11) is 0. The molecule has 1 aliphatic rings. The average molecular weight is 483 g/mol. The summed E-state index contributed by atoms with van der Waals surface area (Å²) in [6, 6.07) is 10.9. The van der Waals surface area contributed by atoms with Crippen molar-refractivity contribution >= 4 is 53.2 Å². The molecule has 1 aliphatic heterocycles. The zero-order valence-corrected chi connectivity index (χ0v) is 19.6. The van der Waals surface area contributed by atoms with Crippen LogP contribution in [0.1, 0.15) is 45.1 Å². The molecule has 2 aromatic rings. The lowest BCUT2D eigenvalue weighted by Gasteiger charge is -2.37. The molecule has 0 bridgehead atoms. The molecular weight excluding hydrogens is 459 g/mol. The maximum atomic E-state index is 11.9. The van der Waals surface area contributed by atoms with Gasteiger partial charge >= 0.3 is 6.09 Å². The Hall–Kier alpha value is -2.09. The maximum absolute atomic E-state index is 11.9. The van der Waals surface area contributed by atoms with Gasteiger partial charge in [-0.05, 0) is 62.1 Å². The summed E-state index contributed by atoms with van der Waals surface area (Å²) in [5.41, 5.74) is 1.10. The molecule has 9 heteroatoms. The number of halogens is 2. The quantitative estimate of drug-likeness (QED) is 0.165. The van der Waals surface area contributed by atoms with E-state index in [0.717, 1.165) is 40.4 Å². The molecule has 0 spiro atoms. The van der Waals surface area contributed by atoms with E-state index in [1.54, 1.807) is 18.3 Å². The number of ether oxygens (including phenoxy) is 2. The number of hydrogen-bond acceptors (Lipinski definition) is 6. The standard InChI is InChI=1S/C22H24Cl2N2O4S/c1-3-22(4-2)17-13-15(7-10-20(17)26-21(27)29-22)28-12-6-5-11-25-30-31-16-8-9-18(23)19(24)14-16/h7-11,13-14H,3-6,12H2,1-2H3,(H,26,27). The smallest absolute Gasteiger partial charge is 0.412 e. The van der Waals surface area contributed by atoms with Gasteiger partial charge in [-0.15, -0.1) is 0 Å². The van der Waals surface area contributed by atoms with Crippen molar-refractivity contribution in [3.8, 4) is 5.75 Å². The summed E-state index contributed by atoms with van der Waals surface area (Å²) < 4.78 is 16.7. The van der Waals surface area contributed by atoms with Crippen LogP contribution in [0.25, 0.3) is 0 Å². The van der Waals surface area contributed by atoms with E-state index in [-0.39, 0.29) is 0 Å². The van der Waals surface area contributed by atoms with Crippen molar-refractivity contribution in [2.75, 3.05) is 11.9 Å². The Labute approximate surface area is 196 Å². The van der Waals surface area contributed by atoms with E-state index >= 15 is 0 Å². The van der Waals surface area contributed by atoms with Gasteiger partial charge in [0.25, 0.3) is 0 Å². The van der Waals surface area contributed by atoms with E-state index < -0.39 is 11.7 Å². The third-order valence-corrected chi connectivity index (χ3v) is 6.38. The Morgan fingerprint density at radius 2 is 1.97 bits per heavy atom. The number of carbonyl (C=O) groups is 1. The van der Waals surface area contributed by atoms with Crippen molar-refractivity contribution < 1.29 is 18.6 Å².